The average molecular weight is 194 g/mol. The molecule has 0 fully saturated rings. The monoisotopic (exact) mass is 193 g/mol. The number of hydrogen-bond acceptors (Lipinski definition) is 2. The molecular weight excluding hydrogens is 186 g/mol. The molecule has 0 aliphatic heterocycles. The van der Waals surface area contributed by atoms with E-state index in [1.165, 1.54) is 0 Å². The van der Waals surface area contributed by atoms with E-state index in [4.69, 9.17) is 21.8 Å². The van der Waals surface area contributed by atoms with Crippen LogP contribution in [0.15, 0.2) is 41.0 Å². The lowest BCUT2D eigenvalue weighted by atomic mass is 10.1. The quantitative estimate of drug-likeness (QED) is 0.756. The summed E-state index contributed by atoms with van der Waals surface area (Å²) in [4.78, 5) is 0. The molecule has 0 bridgehead atoms. The van der Waals surface area contributed by atoms with Crippen molar-refractivity contribution in [1.29, 1.82) is 0 Å². The fourth-order valence-corrected chi connectivity index (χ4v) is 1.41. The second-order valence-electron chi connectivity index (χ2n) is 2.71. The number of anilines is 1. The molecule has 1 aromatic heterocycles. The molecule has 2 nitrogen and oxygen atoms in total. The standard InChI is InChI=1S/C10H8ClNO/c11-8-3-1-2-7(6-8)9-4-5-13-10(9)12/h1-6H,12H2. The van der Waals surface area contributed by atoms with E-state index in [2.05, 4.69) is 0 Å². The van der Waals surface area contributed by atoms with E-state index in [0.29, 0.717) is 10.9 Å². The summed E-state index contributed by atoms with van der Waals surface area (Å²) in [6.45, 7) is 0. The van der Waals surface area contributed by atoms with Crippen LogP contribution in [0, 0.1) is 0 Å². The minimum Gasteiger partial charge on any atom is -0.449 e. The number of hydrogen-bond donors (Lipinski definition) is 1. The fraction of sp³-hybridized carbons (Fsp3) is 0. The third-order valence-electron chi connectivity index (χ3n) is 1.83. The van der Waals surface area contributed by atoms with Gasteiger partial charge in [-0.15, -0.1) is 0 Å². The zero-order valence-electron chi connectivity index (χ0n) is 6.83. The Morgan fingerprint density at radius 3 is 2.69 bits per heavy atom. The summed E-state index contributed by atoms with van der Waals surface area (Å²) < 4.78 is 4.99. The maximum absolute atomic E-state index is 5.84. The van der Waals surface area contributed by atoms with E-state index >= 15 is 0 Å². The summed E-state index contributed by atoms with van der Waals surface area (Å²) in [6, 6.07) is 9.31. The molecular formula is C10H8ClNO. The molecule has 66 valence electrons. The van der Waals surface area contributed by atoms with Gasteiger partial charge in [-0.05, 0) is 23.8 Å². The van der Waals surface area contributed by atoms with Gasteiger partial charge in [0, 0.05) is 10.6 Å². The van der Waals surface area contributed by atoms with Crippen LogP contribution in [0.2, 0.25) is 5.02 Å². The SMILES string of the molecule is Nc1occc1-c1cccc(Cl)c1. The Bertz CT molecular complexity index is 422. The van der Waals surface area contributed by atoms with Gasteiger partial charge in [0.15, 0.2) is 5.88 Å². The zero-order valence-corrected chi connectivity index (χ0v) is 7.58. The topological polar surface area (TPSA) is 39.2 Å². The number of nitrogen functional groups attached to an aromatic ring is 1. The Morgan fingerprint density at radius 2 is 2.08 bits per heavy atom. The minimum atomic E-state index is 0.419. The number of nitrogens with two attached hydrogens (primary N) is 1. The normalized spacial score (nSPS) is 10.2. The second-order valence-corrected chi connectivity index (χ2v) is 3.15. The number of benzene rings is 1. The average Bonchev–Trinajstić information content (AvgIpc) is 2.51. The first kappa shape index (κ1) is 8.20. The third kappa shape index (κ3) is 1.53. The largest absolute Gasteiger partial charge is 0.449 e. The molecule has 0 saturated heterocycles. The zero-order chi connectivity index (χ0) is 9.26. The molecule has 0 unspecified atom stereocenters. The van der Waals surface area contributed by atoms with Crippen LogP contribution >= 0.6 is 11.6 Å². The Hall–Kier alpha value is -1.41. The smallest absolute Gasteiger partial charge is 0.197 e. The van der Waals surface area contributed by atoms with Gasteiger partial charge < -0.3 is 10.2 Å². The van der Waals surface area contributed by atoms with Crippen molar-refractivity contribution >= 4 is 17.5 Å². The summed E-state index contributed by atoms with van der Waals surface area (Å²) in [6.07, 6.45) is 1.56. The first-order chi connectivity index (χ1) is 6.27. The Kier molecular flexibility index (Phi) is 1.99. The molecule has 2 aromatic rings. The summed E-state index contributed by atoms with van der Waals surface area (Å²) in [5, 5.41) is 0.693. The van der Waals surface area contributed by atoms with Gasteiger partial charge in [0.05, 0.1) is 6.26 Å². The molecule has 0 amide bonds. The predicted molar refractivity (Wildman–Crippen MR) is 53.6 cm³/mol. The lowest BCUT2D eigenvalue weighted by Crippen LogP contribution is -1.84. The summed E-state index contributed by atoms with van der Waals surface area (Å²) in [5.74, 6) is 0.419. The van der Waals surface area contributed by atoms with Crippen LogP contribution in [-0.2, 0) is 0 Å². The molecule has 0 spiro atoms. The van der Waals surface area contributed by atoms with Gasteiger partial charge in [-0.3, -0.25) is 0 Å². The van der Waals surface area contributed by atoms with Gasteiger partial charge in [-0.25, -0.2) is 0 Å². The van der Waals surface area contributed by atoms with Crippen molar-refractivity contribution in [2.24, 2.45) is 0 Å². The van der Waals surface area contributed by atoms with E-state index in [1.54, 1.807) is 6.26 Å². The molecule has 0 atom stereocenters. The third-order valence-corrected chi connectivity index (χ3v) is 2.07. The first-order valence-corrected chi connectivity index (χ1v) is 4.24. The Morgan fingerprint density at radius 1 is 1.23 bits per heavy atom. The maximum Gasteiger partial charge on any atom is 0.197 e. The van der Waals surface area contributed by atoms with Gasteiger partial charge in [0.2, 0.25) is 0 Å². The maximum atomic E-state index is 5.84. The van der Waals surface area contributed by atoms with Crippen molar-refractivity contribution in [3.8, 4) is 11.1 Å². The molecule has 0 aliphatic rings. The van der Waals surface area contributed by atoms with Crippen LogP contribution in [0.1, 0.15) is 0 Å². The van der Waals surface area contributed by atoms with Gasteiger partial charge in [0.25, 0.3) is 0 Å². The van der Waals surface area contributed by atoms with E-state index < -0.39 is 0 Å². The van der Waals surface area contributed by atoms with Crippen LogP contribution in [0.3, 0.4) is 0 Å². The van der Waals surface area contributed by atoms with Crippen LogP contribution < -0.4 is 5.73 Å². The van der Waals surface area contributed by atoms with Crippen molar-refractivity contribution in [3.05, 3.63) is 41.6 Å². The van der Waals surface area contributed by atoms with Gasteiger partial charge in [0.1, 0.15) is 0 Å². The molecule has 2 N–H and O–H groups in total. The predicted octanol–water partition coefficient (Wildman–Crippen LogP) is 3.18. The number of rotatable bonds is 1. The first-order valence-electron chi connectivity index (χ1n) is 3.86. The highest BCUT2D eigenvalue weighted by molar-refractivity contribution is 6.30. The Balaban J connectivity index is 2.53. The van der Waals surface area contributed by atoms with E-state index in [-0.39, 0.29) is 0 Å². The highest BCUT2D eigenvalue weighted by Crippen LogP contribution is 2.28. The van der Waals surface area contributed by atoms with Crippen LogP contribution in [0.5, 0.6) is 0 Å². The van der Waals surface area contributed by atoms with E-state index in [0.717, 1.165) is 11.1 Å². The van der Waals surface area contributed by atoms with Crippen molar-refractivity contribution in [2.75, 3.05) is 5.73 Å². The summed E-state index contributed by atoms with van der Waals surface area (Å²) >= 11 is 5.84. The lowest BCUT2D eigenvalue weighted by Gasteiger charge is -1.98. The lowest BCUT2D eigenvalue weighted by molar-refractivity contribution is 0.588. The molecule has 1 aromatic carbocycles. The highest BCUT2D eigenvalue weighted by Gasteiger charge is 2.04. The van der Waals surface area contributed by atoms with Crippen molar-refractivity contribution in [1.82, 2.24) is 0 Å². The molecule has 13 heavy (non-hydrogen) atoms. The fourth-order valence-electron chi connectivity index (χ4n) is 1.22. The number of halogens is 1. The molecule has 0 aliphatic carbocycles. The summed E-state index contributed by atoms with van der Waals surface area (Å²) in [5.41, 5.74) is 7.46. The molecule has 1 heterocycles. The van der Waals surface area contributed by atoms with Gasteiger partial charge >= 0.3 is 0 Å². The molecule has 0 saturated carbocycles. The van der Waals surface area contributed by atoms with E-state index in [9.17, 15) is 0 Å². The van der Waals surface area contributed by atoms with Crippen LogP contribution in [0.4, 0.5) is 5.88 Å². The molecule has 0 radical (unpaired) electrons. The number of furan rings is 1. The van der Waals surface area contributed by atoms with Gasteiger partial charge in [-0.1, -0.05) is 23.7 Å². The molecule has 3 heteroatoms. The van der Waals surface area contributed by atoms with Crippen molar-refractivity contribution in [2.45, 2.75) is 0 Å². The van der Waals surface area contributed by atoms with Crippen molar-refractivity contribution in [3.63, 3.8) is 0 Å². The van der Waals surface area contributed by atoms with Crippen molar-refractivity contribution < 1.29 is 4.42 Å². The Labute approximate surface area is 80.9 Å². The van der Waals surface area contributed by atoms with Crippen LogP contribution in [-0.4, -0.2) is 0 Å². The molecule has 2 rings (SSSR count). The van der Waals surface area contributed by atoms with E-state index in [1.807, 2.05) is 30.3 Å². The highest BCUT2D eigenvalue weighted by atomic mass is 35.5. The minimum absolute atomic E-state index is 0.419. The second kappa shape index (κ2) is 3.15. The summed E-state index contributed by atoms with van der Waals surface area (Å²) in [7, 11) is 0. The van der Waals surface area contributed by atoms with Crippen LogP contribution in [0.25, 0.3) is 11.1 Å². The van der Waals surface area contributed by atoms with Gasteiger partial charge in [-0.2, -0.15) is 0 Å².